The Hall–Kier alpha value is -0.0400. The minimum Gasteiger partial charge on any atom is -0.378 e. The lowest BCUT2D eigenvalue weighted by molar-refractivity contribution is 0.112. The molecule has 1 aliphatic rings. The van der Waals surface area contributed by atoms with Crippen molar-refractivity contribution in [2.45, 2.75) is 47.1 Å². The van der Waals surface area contributed by atoms with Crippen molar-refractivity contribution in [1.29, 1.82) is 0 Å². The van der Waals surface area contributed by atoms with Gasteiger partial charge in [-0.25, -0.2) is 0 Å². The van der Waals surface area contributed by atoms with Gasteiger partial charge >= 0.3 is 0 Å². The lowest BCUT2D eigenvalue weighted by Crippen LogP contribution is -2.09. The van der Waals surface area contributed by atoms with Gasteiger partial charge in [-0.15, -0.1) is 0 Å². The van der Waals surface area contributed by atoms with E-state index in [1.54, 1.807) is 0 Å². The highest BCUT2D eigenvalue weighted by atomic mass is 16.5. The number of hydrogen-bond donors (Lipinski definition) is 0. The quantitative estimate of drug-likeness (QED) is 0.508. The van der Waals surface area contributed by atoms with E-state index in [0.29, 0.717) is 11.5 Å². The van der Waals surface area contributed by atoms with Crippen LogP contribution in [0, 0.1) is 5.41 Å². The normalized spacial score (nSPS) is 29.1. The molecule has 1 aliphatic heterocycles. The molecule has 1 nitrogen and oxygen atoms in total. The first-order valence-corrected chi connectivity index (χ1v) is 4.22. The topological polar surface area (TPSA) is 9.23 Å². The summed E-state index contributed by atoms with van der Waals surface area (Å²) >= 11 is 0. The molecule has 0 N–H and O–H groups in total. The molecule has 0 saturated carbocycles. The second-order valence-corrected chi connectivity index (χ2v) is 3.49. The largest absolute Gasteiger partial charge is 0.378 e. The van der Waals surface area contributed by atoms with Crippen LogP contribution in [0.2, 0.25) is 0 Å². The summed E-state index contributed by atoms with van der Waals surface area (Å²) in [5, 5.41) is 0. The zero-order valence-corrected chi connectivity index (χ0v) is 7.90. The molecule has 1 heteroatoms. The van der Waals surface area contributed by atoms with Gasteiger partial charge in [0.25, 0.3) is 0 Å². The van der Waals surface area contributed by atoms with Gasteiger partial charge in [0, 0.05) is 0 Å². The number of hydrogen-bond acceptors (Lipinski definition) is 1. The summed E-state index contributed by atoms with van der Waals surface area (Å²) in [4.78, 5) is 0. The molecule has 0 amide bonds. The van der Waals surface area contributed by atoms with Gasteiger partial charge in [0.05, 0.1) is 12.7 Å². The summed E-state index contributed by atoms with van der Waals surface area (Å²) in [5.41, 5.74) is 0.444. The van der Waals surface area contributed by atoms with E-state index in [2.05, 4.69) is 20.8 Å². The molecule has 0 spiro atoms. The molecular formula is C9H20O. The third-order valence-electron chi connectivity index (χ3n) is 1.60. The van der Waals surface area contributed by atoms with Gasteiger partial charge in [0.1, 0.15) is 0 Å². The first kappa shape index (κ1) is 9.96. The Balaban J connectivity index is 0.000000371. The van der Waals surface area contributed by atoms with Crippen molar-refractivity contribution < 1.29 is 4.74 Å². The fourth-order valence-corrected chi connectivity index (χ4v) is 1.26. The van der Waals surface area contributed by atoms with Crippen molar-refractivity contribution in [3.63, 3.8) is 0 Å². The highest BCUT2D eigenvalue weighted by Gasteiger charge is 2.28. The van der Waals surface area contributed by atoms with Crippen molar-refractivity contribution in [2.24, 2.45) is 5.41 Å². The van der Waals surface area contributed by atoms with E-state index in [1.165, 1.54) is 6.42 Å². The summed E-state index contributed by atoms with van der Waals surface area (Å²) in [6.07, 6.45) is 1.71. The number of ether oxygens (including phenoxy) is 1. The highest BCUT2D eigenvalue weighted by molar-refractivity contribution is 4.77. The molecule has 1 rings (SSSR count). The molecule has 0 bridgehead atoms. The van der Waals surface area contributed by atoms with E-state index in [1.807, 2.05) is 13.8 Å². The summed E-state index contributed by atoms with van der Waals surface area (Å²) in [6, 6.07) is 0. The predicted molar refractivity (Wildman–Crippen MR) is 45.2 cm³/mol. The molecule has 0 aromatic carbocycles. The molecule has 0 aromatic rings. The van der Waals surface area contributed by atoms with Gasteiger partial charge < -0.3 is 4.74 Å². The van der Waals surface area contributed by atoms with E-state index in [4.69, 9.17) is 4.74 Å². The molecule has 62 valence electrons. The Bertz CT molecular complexity index is 86.7. The van der Waals surface area contributed by atoms with Crippen molar-refractivity contribution in [3.8, 4) is 0 Å². The molecule has 1 saturated heterocycles. The molecule has 1 atom stereocenters. The number of rotatable bonds is 0. The monoisotopic (exact) mass is 144 g/mol. The molecular weight excluding hydrogens is 124 g/mol. The van der Waals surface area contributed by atoms with Crippen molar-refractivity contribution >= 4 is 0 Å². The Morgan fingerprint density at radius 3 is 1.90 bits per heavy atom. The van der Waals surface area contributed by atoms with Gasteiger partial charge in [0.2, 0.25) is 0 Å². The Labute approximate surface area is 64.8 Å². The second-order valence-electron chi connectivity index (χ2n) is 3.49. The Kier molecular flexibility index (Phi) is 3.95. The first-order valence-electron chi connectivity index (χ1n) is 4.22. The van der Waals surface area contributed by atoms with Crippen LogP contribution < -0.4 is 0 Å². The maximum atomic E-state index is 5.37. The lowest BCUT2D eigenvalue weighted by Gasteiger charge is -2.12. The fourth-order valence-electron chi connectivity index (χ4n) is 1.26. The molecule has 1 unspecified atom stereocenters. The van der Waals surface area contributed by atoms with Crippen molar-refractivity contribution in [3.05, 3.63) is 0 Å². The van der Waals surface area contributed by atoms with Gasteiger partial charge in [-0.1, -0.05) is 27.7 Å². The zero-order chi connectivity index (χ0) is 8.20. The van der Waals surface area contributed by atoms with Crippen LogP contribution in [0.3, 0.4) is 0 Å². The van der Waals surface area contributed by atoms with E-state index in [9.17, 15) is 0 Å². The van der Waals surface area contributed by atoms with E-state index < -0.39 is 0 Å². The maximum absolute atomic E-state index is 5.37. The smallest absolute Gasteiger partial charge is 0.0553 e. The third-order valence-corrected chi connectivity index (χ3v) is 1.60. The van der Waals surface area contributed by atoms with Crippen LogP contribution in [0.25, 0.3) is 0 Å². The molecule has 0 aliphatic carbocycles. The minimum atomic E-state index is 0.444. The molecule has 1 fully saturated rings. The van der Waals surface area contributed by atoms with Crippen LogP contribution in [0.4, 0.5) is 0 Å². The minimum absolute atomic E-state index is 0.444. The van der Waals surface area contributed by atoms with Crippen LogP contribution >= 0.6 is 0 Å². The van der Waals surface area contributed by atoms with Crippen LogP contribution in [0.15, 0.2) is 0 Å². The van der Waals surface area contributed by atoms with Crippen LogP contribution in [0.1, 0.15) is 41.0 Å². The summed E-state index contributed by atoms with van der Waals surface area (Å²) < 4.78 is 5.37. The predicted octanol–water partition coefficient (Wildman–Crippen LogP) is 2.85. The first-order chi connectivity index (χ1) is 4.60. The van der Waals surface area contributed by atoms with Crippen molar-refractivity contribution in [2.75, 3.05) is 6.61 Å². The summed E-state index contributed by atoms with van der Waals surface area (Å²) in [5.74, 6) is 0. The molecule has 0 radical (unpaired) electrons. The molecule has 0 aromatic heterocycles. The Morgan fingerprint density at radius 2 is 1.80 bits per heavy atom. The zero-order valence-electron chi connectivity index (χ0n) is 7.90. The lowest BCUT2D eigenvalue weighted by atomic mass is 9.91. The van der Waals surface area contributed by atoms with Crippen molar-refractivity contribution in [1.82, 2.24) is 0 Å². The van der Waals surface area contributed by atoms with Gasteiger partial charge in [-0.3, -0.25) is 0 Å². The average molecular weight is 144 g/mol. The molecule has 1 heterocycles. The van der Waals surface area contributed by atoms with E-state index in [0.717, 1.165) is 6.61 Å². The van der Waals surface area contributed by atoms with Gasteiger partial charge in [-0.2, -0.15) is 0 Å². The SMILES string of the molecule is CC.CC1CC(C)(C)CO1. The van der Waals surface area contributed by atoms with Gasteiger partial charge in [-0.05, 0) is 18.8 Å². The van der Waals surface area contributed by atoms with Gasteiger partial charge in [0.15, 0.2) is 0 Å². The third kappa shape index (κ3) is 3.21. The highest BCUT2D eigenvalue weighted by Crippen LogP contribution is 2.30. The van der Waals surface area contributed by atoms with E-state index in [-0.39, 0.29) is 0 Å². The Morgan fingerprint density at radius 1 is 1.30 bits per heavy atom. The second kappa shape index (κ2) is 3.97. The molecule has 10 heavy (non-hydrogen) atoms. The standard InChI is InChI=1S/C7H14O.C2H6/c1-6-4-7(2,3)5-8-6;1-2/h6H,4-5H2,1-3H3;1-2H3. The fraction of sp³-hybridized carbons (Fsp3) is 1.00. The summed E-state index contributed by atoms with van der Waals surface area (Å²) in [7, 11) is 0. The average Bonchev–Trinajstić information content (AvgIpc) is 2.15. The summed E-state index contributed by atoms with van der Waals surface area (Å²) in [6.45, 7) is 11.6. The van der Waals surface area contributed by atoms with Crippen LogP contribution in [-0.2, 0) is 4.74 Å². The maximum Gasteiger partial charge on any atom is 0.0553 e. The van der Waals surface area contributed by atoms with E-state index >= 15 is 0 Å². The van der Waals surface area contributed by atoms with Crippen LogP contribution in [0.5, 0.6) is 0 Å². The van der Waals surface area contributed by atoms with Crippen LogP contribution in [-0.4, -0.2) is 12.7 Å².